The summed E-state index contributed by atoms with van der Waals surface area (Å²) in [5.74, 6) is 0.103. The van der Waals surface area contributed by atoms with Crippen LogP contribution in [-0.4, -0.2) is 25.0 Å². The predicted molar refractivity (Wildman–Crippen MR) is 56.0 cm³/mol. The molecule has 2 atom stereocenters. The van der Waals surface area contributed by atoms with E-state index in [9.17, 15) is 4.79 Å². The van der Waals surface area contributed by atoms with Crippen molar-refractivity contribution in [1.82, 2.24) is 10.6 Å². The zero-order chi connectivity index (χ0) is 10.2. The van der Waals surface area contributed by atoms with Gasteiger partial charge in [-0.15, -0.1) is 0 Å². The van der Waals surface area contributed by atoms with Gasteiger partial charge in [0.2, 0.25) is 5.91 Å². The third-order valence-corrected chi connectivity index (χ3v) is 4.11. The van der Waals surface area contributed by atoms with Crippen LogP contribution in [0, 0.1) is 5.41 Å². The van der Waals surface area contributed by atoms with Gasteiger partial charge in [0.1, 0.15) is 0 Å². The number of carbonyl (C=O) groups excluding carboxylic acids is 1. The summed E-state index contributed by atoms with van der Waals surface area (Å²) in [4.78, 5) is 11.3. The molecule has 0 bridgehead atoms. The van der Waals surface area contributed by atoms with Gasteiger partial charge in [-0.1, -0.05) is 6.42 Å². The lowest BCUT2D eigenvalue weighted by Gasteiger charge is -2.57. The van der Waals surface area contributed by atoms with Crippen LogP contribution in [0.2, 0.25) is 0 Å². The molecule has 0 aromatic heterocycles. The van der Waals surface area contributed by atoms with Crippen molar-refractivity contribution < 1.29 is 4.79 Å². The normalized spacial score (nSPS) is 30.3. The maximum Gasteiger partial charge on any atom is 0.236 e. The van der Waals surface area contributed by atoms with Crippen molar-refractivity contribution in [1.29, 1.82) is 0 Å². The van der Waals surface area contributed by atoms with Crippen molar-refractivity contribution in [3.05, 3.63) is 0 Å². The third-order valence-electron chi connectivity index (χ3n) is 4.11. The predicted octanol–water partition coefficient (Wildman–Crippen LogP) is 1.04. The molecule has 2 aliphatic carbocycles. The zero-order valence-corrected chi connectivity index (χ0v) is 9.10. The van der Waals surface area contributed by atoms with Gasteiger partial charge in [-0.2, -0.15) is 0 Å². The number of carbonyl (C=O) groups is 1. The van der Waals surface area contributed by atoms with Gasteiger partial charge in [-0.05, 0) is 38.0 Å². The first-order valence-electron chi connectivity index (χ1n) is 5.66. The van der Waals surface area contributed by atoms with E-state index in [4.69, 9.17) is 0 Å². The molecule has 80 valence electrons. The average Bonchev–Trinajstić information content (AvgIpc) is 2.08. The molecule has 0 aliphatic heterocycles. The minimum Gasteiger partial charge on any atom is -0.358 e. The molecule has 2 saturated carbocycles. The molecule has 3 heteroatoms. The molecule has 0 radical (unpaired) electrons. The summed E-state index contributed by atoms with van der Waals surface area (Å²) >= 11 is 0. The Kier molecular flexibility index (Phi) is 2.52. The van der Waals surface area contributed by atoms with Gasteiger partial charge in [0.25, 0.3) is 0 Å². The molecule has 2 unspecified atom stereocenters. The standard InChI is InChI=1S/C11H20N2O/c1-8(10(14)12-2)13-9-4-7-11(9)5-3-6-11/h8-9,13H,3-7H2,1-2H3,(H,12,14). The van der Waals surface area contributed by atoms with E-state index in [2.05, 4.69) is 10.6 Å². The van der Waals surface area contributed by atoms with Crippen molar-refractivity contribution in [2.45, 2.75) is 51.1 Å². The topological polar surface area (TPSA) is 41.1 Å². The van der Waals surface area contributed by atoms with E-state index in [0.29, 0.717) is 11.5 Å². The van der Waals surface area contributed by atoms with Gasteiger partial charge >= 0.3 is 0 Å². The minimum absolute atomic E-state index is 0.0391. The monoisotopic (exact) mass is 196 g/mol. The smallest absolute Gasteiger partial charge is 0.236 e. The minimum atomic E-state index is -0.0391. The molecule has 1 spiro atoms. The molecule has 3 nitrogen and oxygen atoms in total. The van der Waals surface area contributed by atoms with Crippen molar-refractivity contribution in [2.75, 3.05) is 7.05 Å². The molecule has 0 aromatic carbocycles. The largest absolute Gasteiger partial charge is 0.358 e. The summed E-state index contributed by atoms with van der Waals surface area (Å²) < 4.78 is 0. The fourth-order valence-electron chi connectivity index (χ4n) is 2.78. The van der Waals surface area contributed by atoms with Crippen LogP contribution in [0.1, 0.15) is 39.0 Å². The van der Waals surface area contributed by atoms with Crippen molar-refractivity contribution in [2.24, 2.45) is 5.41 Å². The Morgan fingerprint density at radius 3 is 2.50 bits per heavy atom. The van der Waals surface area contributed by atoms with Gasteiger partial charge in [0.05, 0.1) is 6.04 Å². The van der Waals surface area contributed by atoms with Gasteiger partial charge < -0.3 is 10.6 Å². The molecule has 14 heavy (non-hydrogen) atoms. The second-order valence-corrected chi connectivity index (χ2v) is 4.81. The van der Waals surface area contributed by atoms with Crippen LogP contribution in [0.15, 0.2) is 0 Å². The summed E-state index contributed by atoms with van der Waals surface area (Å²) in [7, 11) is 1.69. The molecule has 2 N–H and O–H groups in total. The molecule has 2 rings (SSSR count). The van der Waals surface area contributed by atoms with Crippen LogP contribution in [0.3, 0.4) is 0 Å². The maximum absolute atomic E-state index is 11.3. The number of hydrogen-bond acceptors (Lipinski definition) is 2. The highest BCUT2D eigenvalue weighted by molar-refractivity contribution is 5.81. The Balaban J connectivity index is 1.83. The van der Waals surface area contributed by atoms with Crippen molar-refractivity contribution in [3.63, 3.8) is 0 Å². The molecule has 1 amide bonds. The van der Waals surface area contributed by atoms with Crippen molar-refractivity contribution in [3.8, 4) is 0 Å². The van der Waals surface area contributed by atoms with E-state index in [1.807, 2.05) is 6.92 Å². The number of nitrogens with one attached hydrogen (secondary N) is 2. The highest BCUT2D eigenvalue weighted by atomic mass is 16.2. The Bertz CT molecular complexity index is 230. The summed E-state index contributed by atoms with van der Waals surface area (Å²) in [6, 6.07) is 0.561. The molecular weight excluding hydrogens is 176 g/mol. The molecule has 0 heterocycles. The number of likely N-dealkylation sites (N-methyl/N-ethyl adjacent to an activating group) is 1. The van der Waals surface area contributed by atoms with Gasteiger partial charge in [0.15, 0.2) is 0 Å². The number of amides is 1. The van der Waals surface area contributed by atoms with Gasteiger partial charge in [-0.25, -0.2) is 0 Å². The maximum atomic E-state index is 11.3. The van der Waals surface area contributed by atoms with E-state index >= 15 is 0 Å². The Morgan fingerprint density at radius 1 is 1.43 bits per heavy atom. The first-order chi connectivity index (χ1) is 6.68. The second-order valence-electron chi connectivity index (χ2n) is 4.81. The number of rotatable bonds is 3. The summed E-state index contributed by atoms with van der Waals surface area (Å²) in [5, 5.41) is 6.13. The number of hydrogen-bond donors (Lipinski definition) is 2. The fourth-order valence-corrected chi connectivity index (χ4v) is 2.78. The molecule has 0 aromatic rings. The quantitative estimate of drug-likeness (QED) is 0.708. The third kappa shape index (κ3) is 1.44. The molecule has 2 aliphatic rings. The van der Waals surface area contributed by atoms with Crippen LogP contribution in [0.25, 0.3) is 0 Å². The van der Waals surface area contributed by atoms with Crippen LogP contribution in [-0.2, 0) is 4.79 Å². The Labute approximate surface area is 85.6 Å². The first-order valence-corrected chi connectivity index (χ1v) is 5.66. The summed E-state index contributed by atoms with van der Waals surface area (Å²) in [6.07, 6.45) is 6.73. The second kappa shape index (κ2) is 3.54. The summed E-state index contributed by atoms with van der Waals surface area (Å²) in [5.41, 5.74) is 0.586. The van der Waals surface area contributed by atoms with Crippen LogP contribution in [0.4, 0.5) is 0 Å². The molecular formula is C11H20N2O. The summed E-state index contributed by atoms with van der Waals surface area (Å²) in [6.45, 7) is 1.95. The van der Waals surface area contributed by atoms with Crippen LogP contribution < -0.4 is 10.6 Å². The lowest BCUT2D eigenvalue weighted by molar-refractivity contribution is -0.123. The van der Waals surface area contributed by atoms with Crippen molar-refractivity contribution >= 4 is 5.91 Å². The van der Waals surface area contributed by atoms with E-state index < -0.39 is 0 Å². The van der Waals surface area contributed by atoms with E-state index in [1.165, 1.54) is 32.1 Å². The zero-order valence-electron chi connectivity index (χ0n) is 9.10. The first kappa shape index (κ1) is 9.97. The van der Waals surface area contributed by atoms with Gasteiger partial charge in [0, 0.05) is 13.1 Å². The van der Waals surface area contributed by atoms with E-state index in [0.717, 1.165) is 0 Å². The van der Waals surface area contributed by atoms with Gasteiger partial charge in [-0.3, -0.25) is 4.79 Å². The lowest BCUT2D eigenvalue weighted by atomic mass is 9.53. The fraction of sp³-hybridized carbons (Fsp3) is 0.909. The average molecular weight is 196 g/mol. The SMILES string of the molecule is CNC(=O)C(C)NC1CCC12CCC2. The Morgan fingerprint density at radius 2 is 2.14 bits per heavy atom. The molecule has 2 fully saturated rings. The van der Waals surface area contributed by atoms with E-state index in [-0.39, 0.29) is 11.9 Å². The highest BCUT2D eigenvalue weighted by Crippen LogP contribution is 2.55. The van der Waals surface area contributed by atoms with E-state index in [1.54, 1.807) is 7.05 Å². The molecule has 0 saturated heterocycles. The van der Waals surface area contributed by atoms with Crippen LogP contribution in [0.5, 0.6) is 0 Å². The van der Waals surface area contributed by atoms with Crippen LogP contribution >= 0.6 is 0 Å². The lowest BCUT2D eigenvalue weighted by Crippen LogP contribution is -2.60. The highest BCUT2D eigenvalue weighted by Gasteiger charge is 2.50. The Hall–Kier alpha value is -0.570.